The maximum absolute atomic E-state index is 14.3. The van der Waals surface area contributed by atoms with E-state index in [0.29, 0.717) is 28.1 Å². The second-order valence-electron chi connectivity index (χ2n) is 7.59. The summed E-state index contributed by atoms with van der Waals surface area (Å²) in [6.07, 6.45) is 0. The number of carbonyl (C=O) groups is 1. The molecule has 2 heterocycles. The lowest BCUT2D eigenvalue weighted by Crippen LogP contribution is -2.36. The van der Waals surface area contributed by atoms with Gasteiger partial charge in [-0.15, -0.1) is 11.3 Å². The fraction of sp³-hybridized carbons (Fsp3) is 0.318. The number of rotatable bonds is 6. The first-order valence-electron chi connectivity index (χ1n) is 9.28. The van der Waals surface area contributed by atoms with E-state index in [-0.39, 0.29) is 30.5 Å². The van der Waals surface area contributed by atoms with E-state index in [9.17, 15) is 9.18 Å². The van der Waals surface area contributed by atoms with Gasteiger partial charge in [0.1, 0.15) is 5.82 Å². The van der Waals surface area contributed by atoms with Crippen molar-refractivity contribution < 1.29 is 23.4 Å². The first kappa shape index (κ1) is 19.7. The van der Waals surface area contributed by atoms with Crippen LogP contribution in [0.5, 0.6) is 11.5 Å². The summed E-state index contributed by atoms with van der Waals surface area (Å²) in [5, 5.41) is 3.46. The fourth-order valence-corrected chi connectivity index (χ4v) is 4.57. The Morgan fingerprint density at radius 2 is 2.03 bits per heavy atom. The van der Waals surface area contributed by atoms with Crippen LogP contribution in [0.4, 0.5) is 4.39 Å². The maximum Gasteiger partial charge on any atom is 0.261 e. The number of amides is 1. The zero-order valence-electron chi connectivity index (χ0n) is 16.5. The molecule has 0 unspecified atom stereocenters. The molecular formula is C22H22FNO4S. The Kier molecular flexibility index (Phi) is 5.19. The van der Waals surface area contributed by atoms with Crippen molar-refractivity contribution in [2.24, 2.45) is 0 Å². The SMILES string of the molecule is COCc1c(C(=O)NCC(C)(C)c2ccc3c(c2)OCO3)sc2cccc(F)c12. The highest BCUT2D eigenvalue weighted by atomic mass is 32.1. The molecule has 1 N–H and O–H groups in total. The van der Waals surface area contributed by atoms with E-state index >= 15 is 0 Å². The Hall–Kier alpha value is -2.64. The van der Waals surface area contributed by atoms with Crippen molar-refractivity contribution in [2.75, 3.05) is 20.4 Å². The molecule has 1 aliphatic rings. The number of thiophene rings is 1. The number of hydrogen-bond donors (Lipinski definition) is 1. The van der Waals surface area contributed by atoms with Crippen LogP contribution in [0, 0.1) is 5.82 Å². The van der Waals surface area contributed by atoms with Crippen LogP contribution >= 0.6 is 11.3 Å². The van der Waals surface area contributed by atoms with Crippen LogP contribution in [0.1, 0.15) is 34.6 Å². The van der Waals surface area contributed by atoms with Crippen molar-refractivity contribution in [1.82, 2.24) is 5.32 Å². The minimum atomic E-state index is -0.342. The summed E-state index contributed by atoms with van der Waals surface area (Å²) in [4.78, 5) is 13.4. The molecule has 152 valence electrons. The van der Waals surface area contributed by atoms with E-state index in [2.05, 4.69) is 5.32 Å². The van der Waals surface area contributed by atoms with Gasteiger partial charge in [-0.25, -0.2) is 4.39 Å². The number of methoxy groups -OCH3 is 1. The third-order valence-corrected chi connectivity index (χ3v) is 6.30. The lowest BCUT2D eigenvalue weighted by atomic mass is 9.84. The van der Waals surface area contributed by atoms with Gasteiger partial charge in [-0.05, 0) is 29.8 Å². The van der Waals surface area contributed by atoms with Gasteiger partial charge in [0.2, 0.25) is 6.79 Å². The molecule has 0 atom stereocenters. The summed E-state index contributed by atoms with van der Waals surface area (Å²) in [6, 6.07) is 10.7. The predicted octanol–water partition coefficient (Wildman–Crippen LogP) is 4.62. The zero-order chi connectivity index (χ0) is 20.6. The van der Waals surface area contributed by atoms with Gasteiger partial charge >= 0.3 is 0 Å². The summed E-state index contributed by atoms with van der Waals surface area (Å²) in [7, 11) is 1.54. The quantitative estimate of drug-likeness (QED) is 0.638. The number of carbonyl (C=O) groups excluding carboxylic acids is 1. The topological polar surface area (TPSA) is 56.8 Å². The first-order valence-corrected chi connectivity index (χ1v) is 10.1. The largest absolute Gasteiger partial charge is 0.454 e. The predicted molar refractivity (Wildman–Crippen MR) is 110 cm³/mol. The molecule has 1 aliphatic heterocycles. The number of ether oxygens (including phenoxy) is 3. The fourth-order valence-electron chi connectivity index (χ4n) is 3.43. The van der Waals surface area contributed by atoms with Crippen molar-refractivity contribution >= 4 is 27.3 Å². The third kappa shape index (κ3) is 3.68. The van der Waals surface area contributed by atoms with Gasteiger partial charge in [-0.3, -0.25) is 4.79 Å². The van der Waals surface area contributed by atoms with Crippen LogP contribution in [-0.2, 0) is 16.8 Å². The number of nitrogens with one attached hydrogen (secondary N) is 1. The monoisotopic (exact) mass is 415 g/mol. The lowest BCUT2D eigenvalue weighted by Gasteiger charge is -2.26. The molecule has 0 saturated heterocycles. The van der Waals surface area contributed by atoms with Crippen LogP contribution in [-0.4, -0.2) is 26.4 Å². The highest BCUT2D eigenvalue weighted by molar-refractivity contribution is 7.21. The molecule has 1 aromatic heterocycles. The van der Waals surface area contributed by atoms with E-state index in [1.54, 1.807) is 6.07 Å². The molecule has 3 aromatic rings. The van der Waals surface area contributed by atoms with Crippen LogP contribution in [0.25, 0.3) is 10.1 Å². The number of benzene rings is 2. The van der Waals surface area contributed by atoms with Gasteiger partial charge in [-0.2, -0.15) is 0 Å². The van der Waals surface area contributed by atoms with Crippen LogP contribution in [0.2, 0.25) is 0 Å². The standard InChI is InChI=1S/C22H22FNO4S/c1-22(2,13-7-8-16-17(9-13)28-12-27-16)11-24-21(25)20-14(10-26-3)19-15(23)5-4-6-18(19)29-20/h4-9H,10-12H2,1-3H3,(H,24,25). The van der Waals surface area contributed by atoms with Crippen LogP contribution in [0.3, 0.4) is 0 Å². The zero-order valence-corrected chi connectivity index (χ0v) is 17.3. The molecule has 0 aliphatic carbocycles. The smallest absolute Gasteiger partial charge is 0.261 e. The molecule has 1 amide bonds. The van der Waals surface area contributed by atoms with E-state index in [1.807, 2.05) is 38.1 Å². The average Bonchev–Trinajstić information content (AvgIpc) is 3.31. The third-order valence-electron chi connectivity index (χ3n) is 5.10. The second-order valence-corrected chi connectivity index (χ2v) is 8.64. The minimum absolute atomic E-state index is 0.176. The average molecular weight is 415 g/mol. The van der Waals surface area contributed by atoms with Gasteiger partial charge in [0.05, 0.1) is 11.5 Å². The van der Waals surface area contributed by atoms with E-state index in [0.717, 1.165) is 16.0 Å². The molecule has 2 aromatic carbocycles. The molecule has 29 heavy (non-hydrogen) atoms. The summed E-state index contributed by atoms with van der Waals surface area (Å²) >= 11 is 1.28. The highest BCUT2D eigenvalue weighted by Gasteiger charge is 2.26. The maximum atomic E-state index is 14.3. The lowest BCUT2D eigenvalue weighted by molar-refractivity contribution is 0.0945. The van der Waals surface area contributed by atoms with Gasteiger partial charge in [-0.1, -0.05) is 26.0 Å². The van der Waals surface area contributed by atoms with Crippen molar-refractivity contribution in [3.63, 3.8) is 0 Å². The Morgan fingerprint density at radius 3 is 2.83 bits per heavy atom. The Bertz CT molecular complexity index is 1080. The molecule has 0 saturated carbocycles. The van der Waals surface area contributed by atoms with Crippen molar-refractivity contribution in [3.05, 3.63) is 58.2 Å². The highest BCUT2D eigenvalue weighted by Crippen LogP contribution is 2.37. The summed E-state index contributed by atoms with van der Waals surface area (Å²) in [5.41, 5.74) is 1.28. The molecule has 4 rings (SSSR count). The van der Waals surface area contributed by atoms with Gasteiger partial charge < -0.3 is 19.5 Å². The molecular weight excluding hydrogens is 393 g/mol. The first-order chi connectivity index (χ1) is 13.9. The summed E-state index contributed by atoms with van der Waals surface area (Å²) in [6.45, 7) is 4.90. The molecule has 5 nitrogen and oxygen atoms in total. The molecule has 7 heteroatoms. The molecule has 0 spiro atoms. The van der Waals surface area contributed by atoms with Gasteiger partial charge in [0, 0.05) is 34.7 Å². The van der Waals surface area contributed by atoms with Gasteiger partial charge in [0.25, 0.3) is 5.91 Å². The summed E-state index contributed by atoms with van der Waals surface area (Å²) in [5.74, 6) is 0.867. The van der Waals surface area contributed by atoms with E-state index in [1.165, 1.54) is 24.5 Å². The Balaban J connectivity index is 1.56. The minimum Gasteiger partial charge on any atom is -0.454 e. The van der Waals surface area contributed by atoms with E-state index < -0.39 is 0 Å². The Morgan fingerprint density at radius 1 is 1.24 bits per heavy atom. The van der Waals surface area contributed by atoms with Crippen LogP contribution < -0.4 is 14.8 Å². The number of halogens is 1. The molecule has 0 bridgehead atoms. The van der Waals surface area contributed by atoms with Crippen molar-refractivity contribution in [2.45, 2.75) is 25.9 Å². The van der Waals surface area contributed by atoms with E-state index in [4.69, 9.17) is 14.2 Å². The van der Waals surface area contributed by atoms with Crippen molar-refractivity contribution in [1.29, 1.82) is 0 Å². The molecule has 0 fully saturated rings. The summed E-state index contributed by atoms with van der Waals surface area (Å²) < 4.78 is 31.1. The normalized spacial score (nSPS) is 13.1. The van der Waals surface area contributed by atoms with Crippen molar-refractivity contribution in [3.8, 4) is 11.5 Å². The molecule has 0 radical (unpaired) electrons. The second kappa shape index (κ2) is 7.65. The van der Waals surface area contributed by atoms with Crippen LogP contribution in [0.15, 0.2) is 36.4 Å². The number of hydrogen-bond acceptors (Lipinski definition) is 5. The Labute approximate surface area is 172 Å². The van der Waals surface area contributed by atoms with Gasteiger partial charge in [0.15, 0.2) is 11.5 Å². The number of fused-ring (bicyclic) bond motifs is 2.